The number of allylic oxidation sites excluding steroid dienone is 3. The van der Waals surface area contributed by atoms with E-state index in [1.54, 1.807) is 12.1 Å². The van der Waals surface area contributed by atoms with Gasteiger partial charge in [0.15, 0.2) is 17.2 Å². The van der Waals surface area contributed by atoms with Crippen LogP contribution < -0.4 is 31.2 Å². The Hall–Kier alpha value is -7.93. The third-order valence-electron chi connectivity index (χ3n) is 8.88. The van der Waals surface area contributed by atoms with E-state index < -0.39 is 15.1 Å². The maximum Gasteiger partial charge on any atom is 0.324 e. The van der Waals surface area contributed by atoms with Crippen LogP contribution in [0, 0.1) is 42.0 Å². The van der Waals surface area contributed by atoms with Crippen molar-refractivity contribution in [2.45, 2.75) is 0 Å². The first-order valence-corrected chi connectivity index (χ1v) is 15.2. The van der Waals surface area contributed by atoms with Gasteiger partial charge in [-0.3, -0.25) is 30.8 Å². The normalized spacial score (nSPS) is 16.4. The van der Waals surface area contributed by atoms with Crippen molar-refractivity contribution in [2.24, 2.45) is 0 Å². The summed E-state index contributed by atoms with van der Waals surface area (Å²) in [5.74, 6) is 1.94. The molecule has 1 aliphatic carbocycles. The van der Waals surface area contributed by atoms with E-state index in [0.717, 1.165) is 0 Å². The fourth-order valence-electron chi connectivity index (χ4n) is 6.48. The van der Waals surface area contributed by atoms with Gasteiger partial charge in [-0.15, -0.1) is 0 Å². The zero-order valence-electron chi connectivity index (χ0n) is 25.9. The second-order valence-electron chi connectivity index (χ2n) is 11.8. The molecule has 0 fully saturated rings. The molecule has 0 spiro atoms. The molecule has 3 aromatic carbocycles. The summed E-state index contributed by atoms with van der Waals surface area (Å²) in [7, 11) is 0. The van der Waals surface area contributed by atoms with Gasteiger partial charge in [-0.1, -0.05) is 0 Å². The number of nitro groups is 2. The Kier molecular flexibility index (Phi) is 6.25. The van der Waals surface area contributed by atoms with Gasteiger partial charge in [0.2, 0.25) is 0 Å². The van der Waals surface area contributed by atoms with Gasteiger partial charge < -0.3 is 41.4 Å². The first kappa shape index (κ1) is 30.2. The van der Waals surface area contributed by atoms with Crippen molar-refractivity contribution >= 4 is 79.3 Å². The van der Waals surface area contributed by atoms with Gasteiger partial charge in [-0.25, -0.2) is 15.3 Å². The van der Waals surface area contributed by atoms with Gasteiger partial charge in [0.1, 0.15) is 18.1 Å². The summed E-state index contributed by atoms with van der Waals surface area (Å²) in [5.41, 5.74) is 1.05. The molecule has 5 aromatic rings. The summed E-state index contributed by atoms with van der Waals surface area (Å²) in [6.45, 7) is 0. The molecule has 0 radical (unpaired) electrons. The van der Waals surface area contributed by atoms with Crippen LogP contribution in [0.3, 0.4) is 0 Å². The number of H-pyrrole nitrogens is 2. The highest BCUT2D eigenvalue weighted by molar-refractivity contribution is 6.27. The van der Waals surface area contributed by atoms with Gasteiger partial charge in [-0.2, -0.15) is 0 Å². The largest absolute Gasteiger partial charge is 0.769 e. The first-order valence-electron chi connectivity index (χ1n) is 15.2. The number of nitrogens with zero attached hydrogens (tertiary/aromatic N) is 6. The molecule has 256 valence electrons. The molecule has 20 nitrogen and oxygen atoms in total. The second-order valence-corrected chi connectivity index (χ2v) is 11.8. The van der Waals surface area contributed by atoms with E-state index >= 15 is 0 Å². The summed E-state index contributed by atoms with van der Waals surface area (Å²) in [4.78, 5) is 28.7. The second kappa shape index (κ2) is 10.8. The van der Waals surface area contributed by atoms with Crippen molar-refractivity contribution in [3.63, 3.8) is 0 Å². The molecule has 0 saturated heterocycles. The van der Waals surface area contributed by atoms with Gasteiger partial charge in [-0.05, 0) is 30.3 Å². The lowest BCUT2D eigenvalue weighted by Gasteiger charge is -2.37. The number of hydrogen-bond donors (Lipinski definition) is 7. The summed E-state index contributed by atoms with van der Waals surface area (Å²) in [5, 5.41) is 87.7. The van der Waals surface area contributed by atoms with E-state index in [1.165, 1.54) is 60.7 Å². The lowest BCUT2D eigenvalue weighted by Crippen LogP contribution is -2.16. The number of anilines is 5. The summed E-state index contributed by atoms with van der Waals surface area (Å²) >= 11 is 0. The van der Waals surface area contributed by atoms with Crippen molar-refractivity contribution in [3.05, 3.63) is 148 Å². The van der Waals surface area contributed by atoms with E-state index in [2.05, 4.69) is 31.2 Å². The Labute approximate surface area is 288 Å². The maximum atomic E-state index is 11.9. The summed E-state index contributed by atoms with van der Waals surface area (Å²) < 4.78 is 4.75. The third-order valence-corrected chi connectivity index (χ3v) is 8.88. The fourth-order valence-corrected chi connectivity index (χ4v) is 6.48. The number of nitrogens with one attached hydrogen (secondary N) is 6. The number of rotatable bonds is 3. The van der Waals surface area contributed by atoms with E-state index in [9.17, 15) is 41.1 Å². The maximum absolute atomic E-state index is 11.9. The lowest BCUT2D eigenvalue weighted by atomic mass is 9.99. The van der Waals surface area contributed by atoms with Crippen LogP contribution in [-0.4, -0.2) is 47.3 Å². The molecule has 0 atom stereocenters. The van der Waals surface area contributed by atoms with E-state index in [-0.39, 0.29) is 63.0 Å². The van der Waals surface area contributed by atoms with Crippen molar-refractivity contribution in [1.29, 1.82) is 0 Å². The summed E-state index contributed by atoms with van der Waals surface area (Å²) in [6, 6.07) is 12.7. The number of aromatic nitrogens is 2. The van der Waals surface area contributed by atoms with Crippen LogP contribution >= 0.6 is 0 Å². The smallest absolute Gasteiger partial charge is 0.324 e. The minimum absolute atomic E-state index is 0.0906. The number of benzene rings is 3. The number of hydrogen-bond acceptors (Lipinski definition) is 13. The van der Waals surface area contributed by atoms with Crippen LogP contribution in [-0.2, 0) is 0 Å². The molecule has 9 rings (SSSR count). The first-order chi connectivity index (χ1) is 25.0. The monoisotopic (exact) mass is 699 g/mol. The van der Waals surface area contributed by atoms with Crippen LogP contribution in [0.4, 0.5) is 40.3 Å². The molecule has 2 aromatic heterocycles. The van der Waals surface area contributed by atoms with Crippen LogP contribution in [0.15, 0.2) is 89.8 Å². The lowest BCUT2D eigenvalue weighted by molar-refractivity contribution is -0.725. The molecule has 52 heavy (non-hydrogen) atoms. The van der Waals surface area contributed by atoms with Crippen molar-refractivity contribution in [2.75, 3.05) is 26.5 Å². The van der Waals surface area contributed by atoms with E-state index in [0.29, 0.717) is 55.5 Å². The molecule has 0 unspecified atom stereocenters. The zero-order chi connectivity index (χ0) is 36.0. The number of nitro benzene ring substituents is 2. The molecule has 8 bridgehead atoms. The number of amidine groups is 2. The number of fused-ring (bicyclic) bond motifs is 17. The molecule has 0 saturated carbocycles. The summed E-state index contributed by atoms with van der Waals surface area (Å²) in [6.07, 6.45) is 4.57. The molecular formula is C32H19N12O8-. The topological polar surface area (TPSA) is 290 Å². The minimum Gasteiger partial charge on any atom is -0.769 e. The highest BCUT2D eigenvalue weighted by Crippen LogP contribution is 2.46. The van der Waals surface area contributed by atoms with Crippen LogP contribution in [0.5, 0.6) is 0 Å². The molecule has 0 amide bonds. The Balaban J connectivity index is 1.29. The molecular weight excluding hydrogens is 680 g/mol. The molecule has 20 heteroatoms. The highest BCUT2D eigenvalue weighted by atomic mass is 16.8. The SMILES string of the molecule is O=[N+]([O-])c1ccc2c(c1)C1=[N+]=C2Nc2[nH]c(c3ccc(N([O-])[O-])cc23)N[C+]2[N-]C(=C3C=C/C(=[N+](\[O-])O)C=C32)Nc2[nH]c(c3ccc([N+](=O)[O-])cc23)N1. The predicted molar refractivity (Wildman–Crippen MR) is 192 cm³/mol. The van der Waals surface area contributed by atoms with Crippen molar-refractivity contribution in [1.82, 2.24) is 14.6 Å². The zero-order valence-corrected chi connectivity index (χ0v) is 25.9. The van der Waals surface area contributed by atoms with Crippen LogP contribution in [0.25, 0.3) is 26.9 Å². The average Bonchev–Trinajstić information content (AvgIpc) is 3.85. The van der Waals surface area contributed by atoms with Crippen LogP contribution in [0.2, 0.25) is 0 Å². The molecule has 3 aliphatic heterocycles. The van der Waals surface area contributed by atoms with Gasteiger partial charge >= 0.3 is 17.4 Å². The average molecular weight is 700 g/mol. The van der Waals surface area contributed by atoms with Gasteiger partial charge in [0.05, 0.1) is 31.4 Å². The quantitative estimate of drug-likeness (QED) is 0.0332. The number of aromatic amines is 2. The fraction of sp³-hybridized carbons (Fsp3) is 0. The van der Waals surface area contributed by atoms with E-state index in [4.69, 9.17) is 9.98 Å². The van der Waals surface area contributed by atoms with E-state index in [1.807, 2.05) is 0 Å². The van der Waals surface area contributed by atoms with Gasteiger partial charge in [0, 0.05) is 75.3 Å². The number of non-ortho nitro benzene ring substituents is 2. The molecule has 7 N–H and O–H groups in total. The molecule has 5 heterocycles. The predicted octanol–water partition coefficient (Wildman–Crippen LogP) is 4.83. The van der Waals surface area contributed by atoms with Crippen LogP contribution in [0.1, 0.15) is 11.1 Å². The molecule has 4 aliphatic rings. The third kappa shape index (κ3) is 4.61. The van der Waals surface area contributed by atoms with Crippen molar-refractivity contribution in [3.8, 4) is 0 Å². The van der Waals surface area contributed by atoms with Gasteiger partial charge in [0.25, 0.3) is 11.4 Å². The highest BCUT2D eigenvalue weighted by Gasteiger charge is 2.38. The Morgan fingerprint density at radius 1 is 0.731 bits per heavy atom. The Bertz CT molecular complexity index is 2670. The Morgan fingerprint density at radius 2 is 1.37 bits per heavy atom. The van der Waals surface area contributed by atoms with Crippen molar-refractivity contribution < 1.29 is 20.0 Å². The minimum atomic E-state index is -0.539. The Morgan fingerprint density at radius 3 is 2.12 bits per heavy atom. The standard InChI is InChI=1S/C32H18N12O8/c45-41(46)13-1-5-17-21(9-13)29-33-25(17)37-30-22-10-14(42(47)48)2-6-18(22)27(34-30)39-32-24-12-16(44(51)52)4-8-20(24)28(36-32)40-31-23-11-15(43(49)50)3-7-19(23)26(35-31)38-29/h1-12H,(H6-,33,34,35,36,37,38,39,40,45,46)/q-2/p+1.